The number of nitrogens with zero attached hydrogens (tertiary/aromatic N) is 1. The van der Waals surface area contributed by atoms with Crippen LogP contribution in [-0.2, 0) is 11.3 Å². The van der Waals surface area contributed by atoms with Crippen LogP contribution in [0.1, 0.15) is 0 Å². The molecule has 1 atom stereocenters. The van der Waals surface area contributed by atoms with E-state index in [4.69, 9.17) is 11.6 Å². The van der Waals surface area contributed by atoms with E-state index >= 15 is 0 Å². The van der Waals surface area contributed by atoms with Gasteiger partial charge in [-0.3, -0.25) is 8.51 Å². The fourth-order valence-electron chi connectivity index (χ4n) is 0.0586. The van der Waals surface area contributed by atoms with Gasteiger partial charge in [0.2, 0.25) is 0 Å². The highest BCUT2D eigenvalue weighted by Gasteiger charge is 1.96. The maximum Gasteiger partial charge on any atom is 0.180 e. The van der Waals surface area contributed by atoms with Crippen LogP contribution in [-0.4, -0.2) is 24.6 Å². The second-order valence-corrected chi connectivity index (χ2v) is 2.92. The van der Waals surface area contributed by atoms with Crippen LogP contribution in [0.2, 0.25) is 0 Å². The molecule has 0 aromatic rings. The van der Waals surface area contributed by atoms with Crippen molar-refractivity contribution in [3.05, 3.63) is 0 Å². The molecule has 1 unspecified atom stereocenters. The Bertz CT molecular complexity index is 113. The van der Waals surface area contributed by atoms with E-state index in [0.29, 0.717) is 0 Å². The third kappa shape index (κ3) is 2.56. The summed E-state index contributed by atoms with van der Waals surface area (Å²) < 4.78 is 20.4. The first-order valence-electron chi connectivity index (χ1n) is 1.58. The molecule has 0 aromatic heterocycles. The molecule has 0 rings (SSSR count). The quantitative estimate of drug-likeness (QED) is 0.246. The van der Waals surface area contributed by atoms with Gasteiger partial charge in [0.05, 0.1) is 0 Å². The lowest BCUT2D eigenvalue weighted by atomic mass is 11.2. The van der Waals surface area contributed by atoms with Gasteiger partial charge in [-0.15, -0.1) is 0 Å². The van der Waals surface area contributed by atoms with Gasteiger partial charge in [0.15, 0.2) is 4.45 Å². The van der Waals surface area contributed by atoms with Crippen LogP contribution in [0.25, 0.3) is 0 Å². The Kier molecular flexibility index (Phi) is 3.46. The van der Waals surface area contributed by atoms with Crippen molar-refractivity contribution in [2.45, 2.75) is 0 Å². The molecule has 0 aliphatic heterocycles. The molecule has 8 heavy (non-hydrogen) atoms. The number of halogens is 1. The van der Waals surface area contributed by atoms with Gasteiger partial charge in [-0.05, 0) is 12.2 Å². The molecule has 0 bridgehead atoms. The van der Waals surface area contributed by atoms with Gasteiger partial charge in [-0.25, -0.2) is 0 Å². The van der Waals surface area contributed by atoms with Crippen molar-refractivity contribution in [1.29, 1.82) is 0 Å². The zero-order valence-electron chi connectivity index (χ0n) is 3.96. The Morgan fingerprint density at radius 3 is 2.38 bits per heavy atom. The van der Waals surface area contributed by atoms with Crippen LogP contribution in [0.15, 0.2) is 0 Å². The van der Waals surface area contributed by atoms with Crippen LogP contribution in [0.3, 0.4) is 0 Å². The molecule has 6 heteroatoms. The van der Waals surface area contributed by atoms with E-state index in [-0.39, 0.29) is 4.45 Å². The first-order chi connectivity index (χ1) is 3.55. The Hall–Kier alpha value is 0.290. The maximum absolute atomic E-state index is 9.89. The zero-order valence-corrected chi connectivity index (χ0v) is 6.35. The van der Waals surface area contributed by atoms with Crippen molar-refractivity contribution >= 4 is 39.5 Å². The summed E-state index contributed by atoms with van der Waals surface area (Å²) in [7, 11) is 1.26. The first-order valence-corrected chi connectivity index (χ1v) is 3.40. The van der Waals surface area contributed by atoms with Crippen molar-refractivity contribution in [3.63, 3.8) is 0 Å². The molecular weight excluding hydrogens is 170 g/mol. The van der Waals surface area contributed by atoms with Crippen molar-refractivity contribution in [2.24, 2.45) is 0 Å². The van der Waals surface area contributed by atoms with E-state index in [1.807, 2.05) is 0 Å². The summed E-state index contributed by atoms with van der Waals surface area (Å²) in [4.78, 5) is 0. The molecule has 0 spiro atoms. The average Bonchev–Trinajstić information content (AvgIpc) is 1.64. The number of hydrogen-bond donors (Lipinski definition) is 0. The third-order valence-electron chi connectivity index (χ3n) is 0.471. The summed E-state index contributed by atoms with van der Waals surface area (Å²) in [6.45, 7) is 0. The molecule has 0 saturated heterocycles. The second-order valence-electron chi connectivity index (χ2n) is 0.968. The van der Waals surface area contributed by atoms with Gasteiger partial charge in [-0.1, -0.05) is 11.6 Å². The summed E-state index contributed by atoms with van der Waals surface area (Å²) in [5, 5.41) is 0. The summed E-state index contributed by atoms with van der Waals surface area (Å²) >= 11 is 7.05. The van der Waals surface area contributed by atoms with Crippen molar-refractivity contribution < 1.29 is 8.76 Å². The molecule has 0 N–H and O–H groups in total. The SMILES string of the molecule is CN(C(=S)Cl)S(=O)[O-]. The second kappa shape index (κ2) is 3.34. The van der Waals surface area contributed by atoms with Crippen LogP contribution >= 0.6 is 23.8 Å². The fraction of sp³-hybridized carbons (Fsp3) is 0.500. The third-order valence-corrected chi connectivity index (χ3v) is 1.84. The molecule has 0 fully saturated rings. The molecule has 0 aliphatic carbocycles. The zero-order chi connectivity index (χ0) is 6.73. The topological polar surface area (TPSA) is 43.4 Å². The fourth-order valence-corrected chi connectivity index (χ4v) is 0.527. The Balaban J connectivity index is 3.83. The molecule has 0 saturated carbocycles. The van der Waals surface area contributed by atoms with Gasteiger partial charge < -0.3 is 4.55 Å². The number of rotatable bonds is 1. The Labute approximate surface area is 60.0 Å². The highest BCUT2D eigenvalue weighted by molar-refractivity contribution is 7.86. The lowest BCUT2D eigenvalue weighted by molar-refractivity contribution is 0.499. The van der Waals surface area contributed by atoms with Gasteiger partial charge in [-0.2, -0.15) is 0 Å². The molecule has 48 valence electrons. The number of thiocarbonyl (C=S) groups is 1. The smallest absolute Gasteiger partial charge is 0.180 e. The molecule has 0 aromatic carbocycles. The number of hydrogen-bond acceptors (Lipinski definition) is 3. The van der Waals surface area contributed by atoms with Crippen molar-refractivity contribution in [2.75, 3.05) is 7.05 Å². The van der Waals surface area contributed by atoms with Crippen molar-refractivity contribution in [1.82, 2.24) is 4.31 Å². The summed E-state index contributed by atoms with van der Waals surface area (Å²) in [5.41, 5.74) is 0. The van der Waals surface area contributed by atoms with E-state index in [0.717, 1.165) is 4.31 Å². The summed E-state index contributed by atoms with van der Waals surface area (Å²) in [6, 6.07) is 0. The van der Waals surface area contributed by atoms with Crippen LogP contribution in [0.4, 0.5) is 0 Å². The largest absolute Gasteiger partial charge is 0.755 e. The molecule has 0 heterocycles. The Morgan fingerprint density at radius 2 is 2.38 bits per heavy atom. The monoisotopic (exact) mass is 172 g/mol. The van der Waals surface area contributed by atoms with Gasteiger partial charge >= 0.3 is 0 Å². The predicted octanol–water partition coefficient (Wildman–Crippen LogP) is 0.236. The summed E-state index contributed by atoms with van der Waals surface area (Å²) in [5.74, 6) is 0. The molecule has 3 nitrogen and oxygen atoms in total. The lowest BCUT2D eigenvalue weighted by Gasteiger charge is -2.16. The van der Waals surface area contributed by atoms with Crippen LogP contribution in [0, 0.1) is 0 Å². The first kappa shape index (κ1) is 8.29. The van der Waals surface area contributed by atoms with E-state index in [9.17, 15) is 8.76 Å². The normalized spacial score (nSPS) is 12.9. The minimum Gasteiger partial charge on any atom is -0.755 e. The van der Waals surface area contributed by atoms with Gasteiger partial charge in [0.25, 0.3) is 0 Å². The van der Waals surface area contributed by atoms with Crippen molar-refractivity contribution in [3.8, 4) is 0 Å². The lowest BCUT2D eigenvalue weighted by Crippen LogP contribution is -2.22. The predicted molar refractivity (Wildman–Crippen MR) is 35.1 cm³/mol. The maximum atomic E-state index is 9.89. The average molecular weight is 173 g/mol. The summed E-state index contributed by atoms with van der Waals surface area (Å²) in [6.07, 6.45) is 0. The minimum absolute atomic E-state index is 0.182. The van der Waals surface area contributed by atoms with Gasteiger partial charge in [0.1, 0.15) is 0 Å². The van der Waals surface area contributed by atoms with E-state index < -0.39 is 11.3 Å². The standard InChI is InChI=1S/C2H4ClNO2S2/c1-4(2(3)7)8(5)6/h1H3,(H,5,6)/p-1. The Morgan fingerprint density at radius 1 is 2.00 bits per heavy atom. The van der Waals surface area contributed by atoms with Gasteiger partial charge in [0, 0.05) is 18.3 Å². The molecule has 0 amide bonds. The van der Waals surface area contributed by atoms with E-state index in [2.05, 4.69) is 12.2 Å². The van der Waals surface area contributed by atoms with Crippen LogP contribution < -0.4 is 0 Å². The highest BCUT2D eigenvalue weighted by atomic mass is 35.5. The van der Waals surface area contributed by atoms with E-state index in [1.54, 1.807) is 0 Å². The molecule has 0 radical (unpaired) electrons. The van der Waals surface area contributed by atoms with E-state index in [1.165, 1.54) is 7.05 Å². The highest BCUT2D eigenvalue weighted by Crippen LogP contribution is 1.93. The molecular formula is C2H3ClNO2S2-. The molecule has 0 aliphatic rings. The van der Waals surface area contributed by atoms with Crippen LogP contribution in [0.5, 0.6) is 0 Å². The minimum atomic E-state index is -2.33.